The van der Waals surface area contributed by atoms with Crippen molar-refractivity contribution in [3.8, 4) is 0 Å². The lowest BCUT2D eigenvalue weighted by atomic mass is 10.2. The molecule has 0 aliphatic heterocycles. The van der Waals surface area contributed by atoms with Crippen LogP contribution in [0.25, 0.3) is 10.9 Å². The number of rotatable bonds is 0. The molecule has 1 nitrogen and oxygen atoms in total. The van der Waals surface area contributed by atoms with E-state index in [1.54, 1.807) is 6.07 Å². The predicted molar refractivity (Wildman–Crippen MR) is 59.4 cm³/mol. The highest BCUT2D eigenvalue weighted by molar-refractivity contribution is 9.10. The number of nitrogens with zero attached hydrogens (tertiary/aromatic N) is 1. The van der Waals surface area contributed by atoms with Crippen molar-refractivity contribution in [2.45, 2.75) is 0 Å². The van der Waals surface area contributed by atoms with Crippen LogP contribution in [-0.2, 0) is 0 Å². The average Bonchev–Trinajstić information content (AvgIpc) is 2.16. The minimum atomic E-state index is -0.415. The molecule has 0 saturated heterocycles. The Balaban J connectivity index is 3.01. The average molecular weight is 295 g/mol. The summed E-state index contributed by atoms with van der Waals surface area (Å²) in [5.41, 5.74) is 0.216. The number of pyridine rings is 1. The zero-order valence-corrected chi connectivity index (χ0v) is 9.79. The molecule has 2 rings (SSSR count). The monoisotopic (exact) mass is 293 g/mol. The van der Waals surface area contributed by atoms with Crippen LogP contribution in [0.3, 0.4) is 0 Å². The third kappa shape index (κ3) is 1.49. The molecule has 0 spiro atoms. The number of hydrogen-bond acceptors (Lipinski definition) is 1. The Morgan fingerprint density at radius 2 is 2.00 bits per heavy atom. The Morgan fingerprint density at radius 3 is 2.71 bits per heavy atom. The van der Waals surface area contributed by atoms with Gasteiger partial charge in [0.2, 0.25) is 0 Å². The van der Waals surface area contributed by atoms with Gasteiger partial charge >= 0.3 is 0 Å². The van der Waals surface area contributed by atoms with Crippen LogP contribution in [0, 0.1) is 5.82 Å². The van der Waals surface area contributed by atoms with Crippen molar-refractivity contribution in [3.63, 3.8) is 0 Å². The summed E-state index contributed by atoms with van der Waals surface area (Å²) in [7, 11) is 0. The maximum atomic E-state index is 13.3. The molecule has 2 aromatic rings. The molecule has 1 aromatic heterocycles. The summed E-state index contributed by atoms with van der Waals surface area (Å²) in [4.78, 5) is 3.88. The maximum Gasteiger partial charge on any atom is 0.149 e. The first-order valence-electron chi connectivity index (χ1n) is 3.69. The van der Waals surface area contributed by atoms with E-state index in [-0.39, 0.29) is 5.52 Å². The second-order valence-corrected chi connectivity index (χ2v) is 4.31. The summed E-state index contributed by atoms with van der Waals surface area (Å²) >= 11 is 15.0. The highest BCUT2D eigenvalue weighted by Crippen LogP contribution is 2.35. The Bertz CT molecular complexity index is 516. The lowest BCUT2D eigenvalue weighted by molar-refractivity contribution is 0.636. The molecule has 0 amide bonds. The van der Waals surface area contributed by atoms with E-state index in [2.05, 4.69) is 20.9 Å². The van der Waals surface area contributed by atoms with E-state index in [4.69, 9.17) is 23.2 Å². The van der Waals surface area contributed by atoms with E-state index in [9.17, 15) is 4.39 Å². The van der Waals surface area contributed by atoms with Gasteiger partial charge in [0, 0.05) is 16.1 Å². The van der Waals surface area contributed by atoms with Gasteiger partial charge in [0.1, 0.15) is 11.3 Å². The highest BCUT2D eigenvalue weighted by Gasteiger charge is 2.11. The number of fused-ring (bicyclic) bond motifs is 1. The third-order valence-electron chi connectivity index (χ3n) is 1.81. The van der Waals surface area contributed by atoms with Gasteiger partial charge in [-0.1, -0.05) is 39.1 Å². The fraction of sp³-hybridized carbons (Fsp3) is 0. The third-order valence-corrected chi connectivity index (χ3v) is 3.25. The normalized spacial score (nSPS) is 10.9. The molecule has 14 heavy (non-hydrogen) atoms. The van der Waals surface area contributed by atoms with Crippen molar-refractivity contribution in [2.75, 3.05) is 0 Å². The van der Waals surface area contributed by atoms with Crippen LogP contribution >= 0.6 is 39.1 Å². The standard InChI is InChI=1S/C9H3BrCl2FN/c10-4-1-2-6(13)9-7(4)8(12)5(11)3-14-9/h1-3H. The second kappa shape index (κ2) is 3.65. The summed E-state index contributed by atoms with van der Waals surface area (Å²) < 4.78 is 14.0. The van der Waals surface area contributed by atoms with E-state index in [0.29, 0.717) is 19.9 Å². The van der Waals surface area contributed by atoms with E-state index in [0.717, 1.165) is 0 Å². The Hall–Kier alpha value is -0.380. The lowest BCUT2D eigenvalue weighted by Crippen LogP contribution is -1.86. The van der Waals surface area contributed by atoms with E-state index >= 15 is 0 Å². The number of halogens is 4. The Labute approximate surface area is 98.0 Å². The SMILES string of the molecule is Fc1ccc(Br)c2c(Cl)c(Cl)cnc12. The maximum absolute atomic E-state index is 13.3. The smallest absolute Gasteiger partial charge is 0.149 e. The van der Waals surface area contributed by atoms with Crippen molar-refractivity contribution in [1.82, 2.24) is 4.98 Å². The molecular formula is C9H3BrCl2FN. The van der Waals surface area contributed by atoms with Gasteiger partial charge in [-0.05, 0) is 12.1 Å². The van der Waals surface area contributed by atoms with Gasteiger partial charge in [0.25, 0.3) is 0 Å². The molecule has 0 saturated carbocycles. The Morgan fingerprint density at radius 1 is 1.29 bits per heavy atom. The van der Waals surface area contributed by atoms with Gasteiger partial charge in [-0.25, -0.2) is 4.39 Å². The number of benzene rings is 1. The molecule has 0 fully saturated rings. The van der Waals surface area contributed by atoms with Gasteiger partial charge in [0.15, 0.2) is 0 Å². The fourth-order valence-corrected chi connectivity index (χ4v) is 2.19. The van der Waals surface area contributed by atoms with Crippen molar-refractivity contribution in [1.29, 1.82) is 0 Å². The summed E-state index contributed by atoms with van der Waals surface area (Å²) in [5, 5.41) is 1.12. The summed E-state index contributed by atoms with van der Waals surface area (Å²) in [5.74, 6) is -0.415. The molecule has 0 N–H and O–H groups in total. The largest absolute Gasteiger partial charge is 0.251 e. The quantitative estimate of drug-likeness (QED) is 0.700. The van der Waals surface area contributed by atoms with Crippen LogP contribution in [0.5, 0.6) is 0 Å². The molecular weight excluding hydrogens is 292 g/mol. The zero-order chi connectivity index (χ0) is 10.3. The first kappa shape index (κ1) is 10.1. The molecule has 0 bridgehead atoms. The Kier molecular flexibility index (Phi) is 2.64. The minimum Gasteiger partial charge on any atom is -0.251 e. The fourth-order valence-electron chi connectivity index (χ4n) is 1.17. The van der Waals surface area contributed by atoms with Crippen LogP contribution in [0.2, 0.25) is 10.0 Å². The van der Waals surface area contributed by atoms with Crippen molar-refractivity contribution >= 4 is 50.0 Å². The van der Waals surface area contributed by atoms with E-state index in [1.807, 2.05) is 0 Å². The van der Waals surface area contributed by atoms with Gasteiger partial charge in [-0.3, -0.25) is 4.98 Å². The molecule has 1 aromatic carbocycles. The van der Waals surface area contributed by atoms with Crippen molar-refractivity contribution < 1.29 is 4.39 Å². The molecule has 0 unspecified atom stereocenters. The van der Waals surface area contributed by atoms with Crippen molar-refractivity contribution in [2.24, 2.45) is 0 Å². The lowest BCUT2D eigenvalue weighted by Gasteiger charge is -2.04. The van der Waals surface area contributed by atoms with Crippen LogP contribution in [0.4, 0.5) is 4.39 Å². The molecule has 0 atom stereocenters. The van der Waals surface area contributed by atoms with Crippen LogP contribution in [0.15, 0.2) is 22.8 Å². The molecule has 0 radical (unpaired) electrons. The topological polar surface area (TPSA) is 12.9 Å². The highest BCUT2D eigenvalue weighted by atomic mass is 79.9. The number of hydrogen-bond donors (Lipinski definition) is 0. The van der Waals surface area contributed by atoms with Gasteiger partial charge in [-0.15, -0.1) is 0 Å². The van der Waals surface area contributed by atoms with E-state index in [1.165, 1.54) is 12.3 Å². The van der Waals surface area contributed by atoms with Crippen LogP contribution < -0.4 is 0 Å². The molecule has 0 aliphatic carbocycles. The van der Waals surface area contributed by atoms with Gasteiger partial charge in [0.05, 0.1) is 10.0 Å². The van der Waals surface area contributed by atoms with E-state index < -0.39 is 5.82 Å². The summed E-state index contributed by atoms with van der Waals surface area (Å²) in [6.45, 7) is 0. The van der Waals surface area contributed by atoms with Crippen LogP contribution in [-0.4, -0.2) is 4.98 Å². The first-order valence-corrected chi connectivity index (χ1v) is 5.24. The minimum absolute atomic E-state index is 0.216. The molecule has 1 heterocycles. The van der Waals surface area contributed by atoms with Gasteiger partial charge in [-0.2, -0.15) is 0 Å². The predicted octanol–water partition coefficient (Wildman–Crippen LogP) is 4.44. The van der Waals surface area contributed by atoms with Crippen molar-refractivity contribution in [3.05, 3.63) is 38.7 Å². The first-order chi connectivity index (χ1) is 6.61. The second-order valence-electron chi connectivity index (χ2n) is 2.67. The molecule has 0 aliphatic rings. The molecule has 72 valence electrons. The molecule has 5 heteroatoms. The summed E-state index contributed by atoms with van der Waals surface area (Å²) in [6, 6.07) is 2.89. The van der Waals surface area contributed by atoms with Gasteiger partial charge < -0.3 is 0 Å². The summed E-state index contributed by atoms with van der Waals surface area (Å²) in [6.07, 6.45) is 1.34. The number of aromatic nitrogens is 1. The van der Waals surface area contributed by atoms with Crippen LogP contribution in [0.1, 0.15) is 0 Å². The zero-order valence-electron chi connectivity index (χ0n) is 6.69.